The molecule has 0 aliphatic heterocycles. The Morgan fingerprint density at radius 3 is 1.25 bits per heavy atom. The first kappa shape index (κ1) is 79.4. The number of carboxylic acid groups (broad SMARTS) is 1. The summed E-state index contributed by atoms with van der Waals surface area (Å²) in [4.78, 5) is 42.6. The molecule has 102 heavy (non-hydrogen) atoms. The monoisotopic (exact) mass is 1510 g/mol. The van der Waals surface area contributed by atoms with Gasteiger partial charge in [0.15, 0.2) is 0 Å². The third-order valence-corrected chi connectivity index (χ3v) is 18.3. The molecule has 534 valence electrons. The van der Waals surface area contributed by atoms with Crippen LogP contribution in [-0.4, -0.2) is 91.0 Å². The summed E-state index contributed by atoms with van der Waals surface area (Å²) in [5, 5.41) is 71.1. The number of hydrogen-bond donors (Lipinski definition) is 4. The highest BCUT2D eigenvalue weighted by molar-refractivity contribution is 7.10. The quantitative estimate of drug-likeness (QED) is 0.0207. The minimum Gasteiger partial charge on any atom is -1.00 e. The molecule has 0 saturated carbocycles. The number of thiazole rings is 2. The second-order valence-electron chi connectivity index (χ2n) is 23.9. The van der Waals surface area contributed by atoms with Gasteiger partial charge in [-0.15, -0.1) is 32.0 Å². The molecule has 6 aromatic carbocycles. The molecular formula is C72H70BrF7N12O8S2. The standard InChI is InChI=1S/2C35H35F2N6O3S.C2HF3O2.BrH/c2*1-22-13-26(14-23(2)33(22)46-32(44)11-12-39-4)17-42-20-40-43(21-42)19-35(45,29-10-9-28(36)15-30(29)37)24(3)34-41-31(18-47-34)27-7-5-25(16-38)6-8-27;3-2(4,5)1(6)7;/h2*5-10,13-15,18,20-21,24,39,45H,11-12,17,19H2,1-4H3;(H,6,7);1H/q2*+1;;/p-2/t2*24-,35+;;/m00../s1. The Morgan fingerprint density at radius 2 is 0.941 bits per heavy atom. The van der Waals surface area contributed by atoms with E-state index in [0.29, 0.717) is 70.2 Å². The predicted octanol–water partition coefficient (Wildman–Crippen LogP) is 6.93. The van der Waals surface area contributed by atoms with E-state index in [9.17, 15) is 41.8 Å². The number of alkyl halides is 3. The van der Waals surface area contributed by atoms with Crippen LogP contribution < -0.4 is 51.3 Å². The van der Waals surface area contributed by atoms with Crippen LogP contribution in [0, 0.1) is 73.6 Å². The zero-order valence-electron chi connectivity index (χ0n) is 56.3. The Hall–Kier alpha value is -9.92. The molecule has 0 spiro atoms. The van der Waals surface area contributed by atoms with Gasteiger partial charge in [-0.25, -0.2) is 36.7 Å². The molecular weight excluding hydrogens is 1440 g/mol. The number of nitrogens with one attached hydrogen (secondary N) is 2. The van der Waals surface area contributed by atoms with Crippen molar-refractivity contribution in [2.45, 2.75) is 110 Å². The van der Waals surface area contributed by atoms with Crippen molar-refractivity contribution in [3.05, 3.63) is 234 Å². The van der Waals surface area contributed by atoms with Crippen molar-refractivity contribution >= 4 is 40.6 Å². The van der Waals surface area contributed by atoms with Crippen LogP contribution in [0.1, 0.15) is 104 Å². The maximum Gasteiger partial charge on any atom is 0.430 e. The third-order valence-electron chi connectivity index (χ3n) is 16.3. The number of carbonyl (C=O) groups excluding carboxylic acids is 3. The summed E-state index contributed by atoms with van der Waals surface area (Å²) in [6.07, 6.45) is 1.96. The third kappa shape index (κ3) is 20.2. The summed E-state index contributed by atoms with van der Waals surface area (Å²) in [6, 6.07) is 32.2. The predicted molar refractivity (Wildman–Crippen MR) is 356 cm³/mol. The first-order valence-corrected chi connectivity index (χ1v) is 33.0. The normalized spacial score (nSPS) is 12.9. The van der Waals surface area contributed by atoms with E-state index >= 15 is 8.78 Å². The molecule has 0 bridgehead atoms. The molecule has 4 atom stereocenters. The number of aromatic nitrogens is 8. The molecule has 0 unspecified atom stereocenters. The highest BCUT2D eigenvalue weighted by Crippen LogP contribution is 2.44. The first-order chi connectivity index (χ1) is 47.9. The summed E-state index contributed by atoms with van der Waals surface area (Å²) in [7, 11) is 3.55. The van der Waals surface area contributed by atoms with E-state index in [1.54, 1.807) is 102 Å². The number of aliphatic carboxylic acids is 1. The fourth-order valence-corrected chi connectivity index (χ4v) is 12.9. The Bertz CT molecular complexity index is 4350. The number of nitrogens with zero attached hydrogens (tertiary/aromatic N) is 10. The Labute approximate surface area is 601 Å². The number of aryl methyl sites for hydroxylation is 4. The molecule has 4 N–H and O–H groups in total. The number of nitriles is 2. The number of carbonyl (C=O) groups is 3. The van der Waals surface area contributed by atoms with Crippen LogP contribution in [0.3, 0.4) is 0 Å². The van der Waals surface area contributed by atoms with Gasteiger partial charge in [0.1, 0.15) is 65.0 Å². The van der Waals surface area contributed by atoms with Crippen LogP contribution >= 0.6 is 22.7 Å². The molecule has 30 heteroatoms. The zero-order chi connectivity index (χ0) is 73.5. The molecule has 0 fully saturated rings. The summed E-state index contributed by atoms with van der Waals surface area (Å²) >= 11 is 2.64. The van der Waals surface area contributed by atoms with Gasteiger partial charge in [0.05, 0.1) is 70.6 Å². The summed E-state index contributed by atoms with van der Waals surface area (Å²) in [5.74, 6) is -7.22. The maximum atomic E-state index is 15.3. The molecule has 0 aliphatic carbocycles. The summed E-state index contributed by atoms with van der Waals surface area (Å²) in [5.41, 5.74) is 5.31. The average Bonchev–Trinajstić information content (AvgIpc) is 1.75. The molecule has 0 amide bonds. The van der Waals surface area contributed by atoms with Crippen molar-refractivity contribution in [2.75, 3.05) is 27.2 Å². The van der Waals surface area contributed by atoms with Gasteiger partial charge in [-0.3, -0.25) is 9.59 Å². The van der Waals surface area contributed by atoms with E-state index in [-0.39, 0.29) is 66.0 Å². The number of benzene rings is 6. The van der Waals surface area contributed by atoms with Crippen LogP contribution in [0.25, 0.3) is 22.5 Å². The Morgan fingerprint density at radius 1 is 0.598 bits per heavy atom. The Balaban J connectivity index is 0.000000259. The van der Waals surface area contributed by atoms with Crippen molar-refractivity contribution in [1.82, 2.24) is 40.2 Å². The van der Waals surface area contributed by atoms with Gasteiger partial charge in [-0.2, -0.15) is 23.7 Å². The molecule has 4 heterocycles. The minimum absolute atomic E-state index is 0. The van der Waals surface area contributed by atoms with Gasteiger partial charge in [-0.05, 0) is 136 Å². The molecule has 10 rings (SSSR count). The number of aliphatic hydroxyl groups is 2. The summed E-state index contributed by atoms with van der Waals surface area (Å²) < 4.78 is 108. The first-order valence-electron chi connectivity index (χ1n) is 31.2. The average molecular weight is 1510 g/mol. The van der Waals surface area contributed by atoms with Gasteiger partial charge in [0, 0.05) is 80.3 Å². The molecule has 10 aromatic rings. The topological polar surface area (TPSA) is 274 Å². The van der Waals surface area contributed by atoms with E-state index < -0.39 is 58.5 Å². The van der Waals surface area contributed by atoms with Crippen LogP contribution in [0.15, 0.2) is 145 Å². The molecule has 4 aromatic heterocycles. The second-order valence-corrected chi connectivity index (χ2v) is 25.6. The number of halogens is 8. The van der Waals surface area contributed by atoms with Crippen molar-refractivity contribution in [2.24, 2.45) is 0 Å². The van der Waals surface area contributed by atoms with Gasteiger partial charge in [-0.1, -0.05) is 50.2 Å². The van der Waals surface area contributed by atoms with E-state index in [2.05, 4.69) is 33.0 Å². The summed E-state index contributed by atoms with van der Waals surface area (Å²) in [6.45, 7) is 12.7. The number of carboxylic acids is 1. The van der Waals surface area contributed by atoms with Gasteiger partial charge in [0.2, 0.25) is 12.7 Å². The SMILES string of the molecule is CNCCC(=O)Oc1c(C)cc(C[n+]2cnn(C[C@](O)(c3ccc(F)cc3F)[C@@H](C)c3nc(-c4ccc(C#N)cc4)cs3)c2)cc1C.CNCCC(=O)Oc1c(C)cc(C[n+]2cnn(C[C@](O)(c3ccc(F)cc3F)[C@@H](C)c3nc(-c4ccc(C#N)cc4)cs3)c2)cc1C.O=C([O-])C(F)(F)F.[Br-]. The van der Waals surface area contributed by atoms with Gasteiger partial charge >= 0.3 is 18.1 Å². The largest absolute Gasteiger partial charge is 1.00 e. The van der Waals surface area contributed by atoms with Crippen molar-refractivity contribution in [1.29, 1.82) is 10.5 Å². The number of ether oxygens (including phenoxy) is 2. The number of esters is 2. The lowest BCUT2D eigenvalue weighted by molar-refractivity contribution is -0.689. The van der Waals surface area contributed by atoms with E-state index in [4.69, 9.17) is 39.9 Å². The van der Waals surface area contributed by atoms with E-state index in [0.717, 1.165) is 68.8 Å². The fourth-order valence-electron chi connectivity index (χ4n) is 11.0. The van der Waals surface area contributed by atoms with Crippen LogP contribution in [-0.2, 0) is 51.8 Å². The van der Waals surface area contributed by atoms with Crippen LogP contribution in [0.5, 0.6) is 11.5 Å². The second kappa shape index (κ2) is 35.1. The van der Waals surface area contributed by atoms with Gasteiger partial charge < -0.3 is 57.2 Å². The highest BCUT2D eigenvalue weighted by atomic mass is 79.9. The lowest BCUT2D eigenvalue weighted by Gasteiger charge is -2.32. The highest BCUT2D eigenvalue weighted by Gasteiger charge is 2.45. The molecule has 0 aliphatic rings. The van der Waals surface area contributed by atoms with Crippen LogP contribution in [0.4, 0.5) is 30.7 Å². The smallest absolute Gasteiger partial charge is 0.430 e. The van der Waals surface area contributed by atoms with Crippen molar-refractivity contribution < 1.29 is 96.0 Å². The minimum atomic E-state index is -5.19. The molecule has 0 radical (unpaired) electrons. The lowest BCUT2D eigenvalue weighted by Crippen LogP contribution is -3.00. The lowest BCUT2D eigenvalue weighted by atomic mass is 9.82. The van der Waals surface area contributed by atoms with Crippen molar-refractivity contribution in [3.8, 4) is 46.2 Å². The fraction of sp³-hybridized carbons (Fsp3) is 0.292. The maximum absolute atomic E-state index is 15.3. The number of hydrogen-bond acceptors (Lipinski definition) is 18. The van der Waals surface area contributed by atoms with Crippen molar-refractivity contribution in [3.63, 3.8) is 0 Å². The molecule has 20 nitrogen and oxygen atoms in total. The number of rotatable bonds is 24. The van der Waals surface area contributed by atoms with Gasteiger partial charge in [0.25, 0.3) is 12.7 Å². The van der Waals surface area contributed by atoms with E-state index in [1.807, 2.05) is 71.9 Å². The van der Waals surface area contributed by atoms with E-state index in [1.165, 1.54) is 44.2 Å². The molecule has 0 saturated heterocycles. The Kier molecular flexibility index (Phi) is 27.3. The van der Waals surface area contributed by atoms with Crippen LogP contribution in [0.2, 0.25) is 0 Å². The zero-order valence-corrected chi connectivity index (χ0v) is 59.5.